The van der Waals surface area contributed by atoms with Crippen molar-refractivity contribution in [2.45, 2.75) is 32.2 Å². The molecule has 4 heteroatoms. The number of imidazole rings is 1. The summed E-state index contributed by atoms with van der Waals surface area (Å²) in [6.45, 7) is 4.47. The molecule has 0 amide bonds. The summed E-state index contributed by atoms with van der Waals surface area (Å²) in [4.78, 5) is 12.1. The summed E-state index contributed by atoms with van der Waals surface area (Å²) in [7, 11) is 0. The van der Waals surface area contributed by atoms with E-state index in [0.29, 0.717) is 6.04 Å². The summed E-state index contributed by atoms with van der Waals surface area (Å²) < 4.78 is 2.24. The van der Waals surface area contributed by atoms with Crippen LogP contribution >= 0.6 is 0 Å². The van der Waals surface area contributed by atoms with Gasteiger partial charge < -0.3 is 0 Å². The first-order chi connectivity index (χ1) is 11.4. The molecular weight excluding hydrogens is 284 g/mol. The Morgan fingerprint density at radius 3 is 2.78 bits per heavy atom. The number of benzene rings is 1. The molecule has 3 aromatic rings. The molecule has 0 aliphatic carbocycles. The van der Waals surface area contributed by atoms with Crippen molar-refractivity contribution >= 4 is 11.2 Å². The monoisotopic (exact) mass is 306 g/mol. The van der Waals surface area contributed by atoms with Crippen LogP contribution in [0.15, 0.2) is 48.7 Å². The normalized spacial score (nSPS) is 19.3. The molecule has 23 heavy (non-hydrogen) atoms. The number of hydrogen-bond donors (Lipinski definition) is 0. The van der Waals surface area contributed by atoms with Crippen molar-refractivity contribution in [2.75, 3.05) is 13.1 Å². The van der Waals surface area contributed by atoms with Crippen LogP contribution in [0, 0.1) is 0 Å². The van der Waals surface area contributed by atoms with E-state index in [4.69, 9.17) is 4.98 Å². The van der Waals surface area contributed by atoms with Crippen LogP contribution in [0.4, 0.5) is 0 Å². The lowest BCUT2D eigenvalue weighted by Gasteiger charge is -2.34. The fraction of sp³-hybridized carbons (Fsp3) is 0.368. The number of aromatic nitrogens is 3. The van der Waals surface area contributed by atoms with Crippen molar-refractivity contribution in [3.05, 3.63) is 54.5 Å². The fourth-order valence-electron chi connectivity index (χ4n) is 3.65. The van der Waals surface area contributed by atoms with Gasteiger partial charge in [0, 0.05) is 11.9 Å². The van der Waals surface area contributed by atoms with E-state index in [1.807, 2.05) is 12.3 Å². The number of piperidine rings is 1. The van der Waals surface area contributed by atoms with Gasteiger partial charge in [0.1, 0.15) is 11.3 Å². The molecule has 4 nitrogen and oxygen atoms in total. The van der Waals surface area contributed by atoms with Crippen molar-refractivity contribution < 1.29 is 0 Å². The molecule has 1 unspecified atom stereocenters. The highest BCUT2D eigenvalue weighted by Crippen LogP contribution is 2.33. The predicted molar refractivity (Wildman–Crippen MR) is 92.7 cm³/mol. The lowest BCUT2D eigenvalue weighted by atomic mass is 10.0. The topological polar surface area (TPSA) is 34.0 Å². The molecule has 1 aromatic carbocycles. The maximum absolute atomic E-state index is 4.97. The van der Waals surface area contributed by atoms with E-state index in [0.717, 1.165) is 35.8 Å². The molecule has 1 saturated heterocycles. The second kappa shape index (κ2) is 6.13. The first kappa shape index (κ1) is 14.4. The highest BCUT2D eigenvalue weighted by molar-refractivity contribution is 5.74. The zero-order valence-corrected chi connectivity index (χ0v) is 13.5. The van der Waals surface area contributed by atoms with Gasteiger partial charge >= 0.3 is 0 Å². The van der Waals surface area contributed by atoms with Crippen molar-refractivity contribution in [3.8, 4) is 5.69 Å². The van der Waals surface area contributed by atoms with E-state index in [1.165, 1.54) is 19.3 Å². The molecule has 1 fully saturated rings. The van der Waals surface area contributed by atoms with Gasteiger partial charge in [-0.1, -0.05) is 31.5 Å². The maximum Gasteiger partial charge on any atom is 0.164 e. The maximum atomic E-state index is 4.97. The molecule has 118 valence electrons. The Morgan fingerprint density at radius 1 is 1.09 bits per heavy atom. The van der Waals surface area contributed by atoms with Crippen LogP contribution in [0.2, 0.25) is 0 Å². The third-order valence-electron chi connectivity index (χ3n) is 4.77. The van der Waals surface area contributed by atoms with Gasteiger partial charge in [0.05, 0.1) is 6.04 Å². The Kier molecular flexibility index (Phi) is 3.83. The molecule has 1 aliphatic rings. The zero-order valence-electron chi connectivity index (χ0n) is 13.5. The highest BCUT2D eigenvalue weighted by atomic mass is 15.2. The van der Waals surface area contributed by atoms with Gasteiger partial charge in [0.25, 0.3) is 0 Å². The first-order valence-electron chi connectivity index (χ1n) is 8.51. The lowest BCUT2D eigenvalue weighted by Crippen LogP contribution is -2.34. The standard InChI is InChI=1S/C19H22N4/c1-2-22-14-7-6-12-17(22)19-21-16-11-8-13-20-18(16)23(19)15-9-4-3-5-10-15/h3-5,8-11,13,17H,2,6-7,12,14H2,1H3. The molecule has 0 bridgehead atoms. The van der Waals surface area contributed by atoms with Crippen LogP contribution in [-0.4, -0.2) is 32.5 Å². The molecule has 0 radical (unpaired) electrons. The van der Waals surface area contributed by atoms with Crippen molar-refractivity contribution in [2.24, 2.45) is 0 Å². The van der Waals surface area contributed by atoms with Gasteiger partial charge in [-0.15, -0.1) is 0 Å². The van der Waals surface area contributed by atoms with Gasteiger partial charge in [0.15, 0.2) is 5.65 Å². The Morgan fingerprint density at radius 2 is 1.96 bits per heavy atom. The van der Waals surface area contributed by atoms with Crippen molar-refractivity contribution in [3.63, 3.8) is 0 Å². The van der Waals surface area contributed by atoms with Crippen molar-refractivity contribution in [1.82, 2.24) is 19.4 Å². The number of pyridine rings is 1. The van der Waals surface area contributed by atoms with E-state index < -0.39 is 0 Å². The SMILES string of the molecule is CCN1CCCCC1c1nc2cccnc2n1-c1ccccc1. The van der Waals surface area contributed by atoms with Gasteiger partial charge in [-0.25, -0.2) is 9.97 Å². The summed E-state index contributed by atoms with van der Waals surface area (Å²) in [6, 6.07) is 14.9. The second-order valence-corrected chi connectivity index (χ2v) is 6.13. The van der Waals surface area contributed by atoms with Gasteiger partial charge in [-0.2, -0.15) is 0 Å². The molecule has 0 spiro atoms. The van der Waals surface area contributed by atoms with Crippen molar-refractivity contribution in [1.29, 1.82) is 0 Å². The largest absolute Gasteiger partial charge is 0.294 e. The minimum absolute atomic E-state index is 0.378. The van der Waals surface area contributed by atoms with Gasteiger partial charge in [-0.3, -0.25) is 9.47 Å². The van der Waals surface area contributed by atoms with Crippen LogP contribution in [0.3, 0.4) is 0 Å². The van der Waals surface area contributed by atoms with E-state index in [2.05, 4.69) is 57.8 Å². The molecule has 0 N–H and O–H groups in total. The Labute approximate surface area is 136 Å². The smallest absolute Gasteiger partial charge is 0.164 e. The van der Waals surface area contributed by atoms with Gasteiger partial charge in [-0.05, 0) is 50.2 Å². The Bertz CT molecular complexity index is 793. The highest BCUT2D eigenvalue weighted by Gasteiger charge is 2.28. The zero-order chi connectivity index (χ0) is 15.6. The number of fused-ring (bicyclic) bond motifs is 1. The molecule has 1 atom stereocenters. The number of nitrogens with zero attached hydrogens (tertiary/aromatic N) is 4. The quantitative estimate of drug-likeness (QED) is 0.734. The number of para-hydroxylation sites is 1. The van der Waals surface area contributed by atoms with Gasteiger partial charge in [0.2, 0.25) is 0 Å². The number of rotatable bonds is 3. The Balaban J connectivity index is 1.92. The van der Waals surface area contributed by atoms with E-state index >= 15 is 0 Å². The summed E-state index contributed by atoms with van der Waals surface area (Å²) >= 11 is 0. The Hall–Kier alpha value is -2.20. The third-order valence-corrected chi connectivity index (χ3v) is 4.77. The average Bonchev–Trinajstić information content (AvgIpc) is 3.01. The average molecular weight is 306 g/mol. The summed E-state index contributed by atoms with van der Waals surface area (Å²) in [5.41, 5.74) is 3.08. The number of hydrogen-bond acceptors (Lipinski definition) is 3. The van der Waals surface area contributed by atoms with Crippen LogP contribution in [0.1, 0.15) is 38.1 Å². The first-order valence-corrected chi connectivity index (χ1v) is 8.51. The summed E-state index contributed by atoms with van der Waals surface area (Å²) in [5.74, 6) is 1.13. The summed E-state index contributed by atoms with van der Waals surface area (Å²) in [6.07, 6.45) is 5.58. The second-order valence-electron chi connectivity index (χ2n) is 6.13. The number of likely N-dealkylation sites (tertiary alicyclic amines) is 1. The molecule has 3 heterocycles. The molecule has 0 saturated carbocycles. The van der Waals surface area contributed by atoms with Crippen LogP contribution in [0.5, 0.6) is 0 Å². The van der Waals surface area contributed by atoms with E-state index in [9.17, 15) is 0 Å². The summed E-state index contributed by atoms with van der Waals surface area (Å²) in [5, 5.41) is 0. The molecule has 1 aliphatic heterocycles. The minimum atomic E-state index is 0.378. The van der Waals surface area contributed by atoms with E-state index in [-0.39, 0.29) is 0 Å². The van der Waals surface area contributed by atoms with Crippen LogP contribution in [-0.2, 0) is 0 Å². The third kappa shape index (κ3) is 2.53. The molecule has 4 rings (SSSR count). The fourth-order valence-corrected chi connectivity index (χ4v) is 3.65. The predicted octanol–water partition coefficient (Wildman–Crippen LogP) is 3.97. The van der Waals surface area contributed by atoms with E-state index in [1.54, 1.807) is 0 Å². The molecule has 2 aromatic heterocycles. The molecular formula is C19H22N4. The minimum Gasteiger partial charge on any atom is -0.294 e. The van der Waals surface area contributed by atoms with Crippen LogP contribution in [0.25, 0.3) is 16.9 Å². The van der Waals surface area contributed by atoms with Crippen LogP contribution < -0.4 is 0 Å². The lowest BCUT2D eigenvalue weighted by molar-refractivity contribution is 0.149.